The van der Waals surface area contributed by atoms with E-state index in [2.05, 4.69) is 12.2 Å². The first-order valence-electron chi connectivity index (χ1n) is 6.64. The number of hydrogen-bond donors (Lipinski definition) is 2. The van der Waals surface area contributed by atoms with E-state index >= 15 is 0 Å². The van der Waals surface area contributed by atoms with Gasteiger partial charge in [-0.15, -0.1) is 0 Å². The molecule has 1 atom stereocenters. The third kappa shape index (κ3) is 15.0. The summed E-state index contributed by atoms with van der Waals surface area (Å²) in [6, 6.07) is -0.412. The van der Waals surface area contributed by atoms with Gasteiger partial charge in [0, 0.05) is 0 Å². The van der Waals surface area contributed by atoms with E-state index < -0.39 is 12.0 Å². The third-order valence-electron chi connectivity index (χ3n) is 2.85. The van der Waals surface area contributed by atoms with Gasteiger partial charge in [-0.05, 0) is 19.9 Å². The zero-order chi connectivity index (χ0) is 12.2. The fraction of sp³-hybridized carbons (Fsp3) is 0.923. The molecule has 0 aromatic rings. The average molecular weight is 269 g/mol. The summed E-state index contributed by atoms with van der Waals surface area (Å²) < 4.78 is 0. The molecule has 0 fully saturated rings. The number of carboxylic acids is 1. The second-order valence-corrected chi connectivity index (χ2v) is 4.49. The van der Waals surface area contributed by atoms with Crippen LogP contribution in [0.4, 0.5) is 0 Å². The Balaban J connectivity index is 0. The van der Waals surface area contributed by atoms with Crippen LogP contribution < -0.4 is 5.32 Å². The summed E-state index contributed by atoms with van der Waals surface area (Å²) >= 11 is 0. The van der Waals surface area contributed by atoms with Crippen LogP contribution in [0.5, 0.6) is 0 Å². The molecular weight excluding hydrogens is 241 g/mol. The first kappa shape index (κ1) is 20.4. The summed E-state index contributed by atoms with van der Waals surface area (Å²) in [6.45, 7) is 4.74. The van der Waals surface area contributed by atoms with Crippen LogP contribution in [0, 0.1) is 0 Å². The van der Waals surface area contributed by atoms with E-state index in [1.54, 1.807) is 6.92 Å². The first-order valence-corrected chi connectivity index (χ1v) is 6.64. The zero-order valence-electron chi connectivity index (χ0n) is 10.8. The van der Waals surface area contributed by atoms with Crippen molar-refractivity contribution in [2.75, 3.05) is 6.54 Å². The second-order valence-electron chi connectivity index (χ2n) is 4.49. The predicted molar refractivity (Wildman–Crippen MR) is 74.9 cm³/mol. The minimum atomic E-state index is -0.764. The molecule has 0 aromatic carbocycles. The summed E-state index contributed by atoms with van der Waals surface area (Å²) in [5.41, 5.74) is 0. The molecule has 0 aromatic heterocycles. The SMILES string of the molecule is CCCCCCCCCCNC(C)C(=O)O.[KH]. The van der Waals surface area contributed by atoms with Gasteiger partial charge in [0.25, 0.3) is 0 Å². The number of carboxylic acid groups (broad SMARTS) is 1. The molecule has 0 aliphatic carbocycles. The maximum atomic E-state index is 10.5. The van der Waals surface area contributed by atoms with Crippen LogP contribution in [0.2, 0.25) is 0 Å². The topological polar surface area (TPSA) is 49.3 Å². The maximum absolute atomic E-state index is 10.5. The fourth-order valence-corrected chi connectivity index (χ4v) is 1.66. The molecule has 0 saturated carbocycles. The minimum absolute atomic E-state index is 0. The molecule has 0 spiro atoms. The van der Waals surface area contributed by atoms with Crippen LogP contribution >= 0.6 is 0 Å². The van der Waals surface area contributed by atoms with Crippen LogP contribution in [-0.4, -0.2) is 75.0 Å². The molecule has 2 N–H and O–H groups in total. The third-order valence-corrected chi connectivity index (χ3v) is 2.85. The average Bonchev–Trinajstić information content (AvgIpc) is 2.26. The number of rotatable bonds is 11. The van der Waals surface area contributed by atoms with Crippen LogP contribution in [0.25, 0.3) is 0 Å². The van der Waals surface area contributed by atoms with E-state index in [0.29, 0.717) is 0 Å². The summed E-state index contributed by atoms with van der Waals surface area (Å²) in [6.07, 6.45) is 10.3. The number of nitrogens with one attached hydrogen (secondary N) is 1. The molecular formula is C13H28KNO2. The molecule has 0 amide bonds. The predicted octanol–water partition coefficient (Wildman–Crippen LogP) is 2.54. The summed E-state index contributed by atoms with van der Waals surface area (Å²) in [5, 5.41) is 11.6. The molecule has 98 valence electrons. The van der Waals surface area contributed by atoms with Crippen molar-refractivity contribution in [3.05, 3.63) is 0 Å². The molecule has 0 rings (SSSR count). The zero-order valence-corrected chi connectivity index (χ0v) is 10.8. The van der Waals surface area contributed by atoms with E-state index in [-0.39, 0.29) is 51.4 Å². The number of aliphatic carboxylic acids is 1. The van der Waals surface area contributed by atoms with Gasteiger partial charge in [0.05, 0.1) is 0 Å². The van der Waals surface area contributed by atoms with Gasteiger partial charge in [-0.3, -0.25) is 4.79 Å². The quantitative estimate of drug-likeness (QED) is 0.448. The molecule has 0 heterocycles. The Morgan fingerprint density at radius 3 is 2.00 bits per heavy atom. The number of carbonyl (C=O) groups is 1. The van der Waals surface area contributed by atoms with Gasteiger partial charge in [-0.2, -0.15) is 0 Å². The van der Waals surface area contributed by atoms with Crippen molar-refractivity contribution in [3.8, 4) is 0 Å². The van der Waals surface area contributed by atoms with Crippen molar-refractivity contribution in [1.82, 2.24) is 5.32 Å². The van der Waals surface area contributed by atoms with Crippen molar-refractivity contribution >= 4 is 57.4 Å². The first-order chi connectivity index (χ1) is 7.68. The Morgan fingerprint density at radius 1 is 1.06 bits per heavy atom. The summed E-state index contributed by atoms with van der Waals surface area (Å²) in [5.74, 6) is -0.764. The Morgan fingerprint density at radius 2 is 1.53 bits per heavy atom. The Labute approximate surface area is 149 Å². The summed E-state index contributed by atoms with van der Waals surface area (Å²) in [7, 11) is 0. The van der Waals surface area contributed by atoms with Gasteiger partial charge in [-0.1, -0.05) is 51.9 Å². The van der Waals surface area contributed by atoms with Gasteiger partial charge < -0.3 is 10.4 Å². The van der Waals surface area contributed by atoms with E-state index in [9.17, 15) is 4.79 Å². The van der Waals surface area contributed by atoms with Crippen molar-refractivity contribution in [2.24, 2.45) is 0 Å². The molecule has 3 nitrogen and oxygen atoms in total. The molecule has 0 saturated heterocycles. The Hall–Kier alpha value is 1.07. The fourth-order valence-electron chi connectivity index (χ4n) is 1.66. The van der Waals surface area contributed by atoms with Crippen LogP contribution in [-0.2, 0) is 4.79 Å². The standard InChI is InChI=1S/C13H27NO2.K.H/c1-3-4-5-6-7-8-9-10-11-14-12(2)13(15)16;;/h12,14H,3-11H2,1-2H3,(H,15,16);;. The van der Waals surface area contributed by atoms with Crippen LogP contribution in [0.3, 0.4) is 0 Å². The normalized spacial score (nSPS) is 11.9. The number of hydrogen-bond acceptors (Lipinski definition) is 2. The molecule has 1 unspecified atom stereocenters. The van der Waals surface area contributed by atoms with Crippen molar-refractivity contribution < 1.29 is 9.90 Å². The van der Waals surface area contributed by atoms with Crippen LogP contribution in [0.1, 0.15) is 65.2 Å². The van der Waals surface area contributed by atoms with Crippen molar-refractivity contribution in [3.63, 3.8) is 0 Å². The monoisotopic (exact) mass is 269 g/mol. The van der Waals surface area contributed by atoms with Gasteiger partial charge in [0.1, 0.15) is 6.04 Å². The van der Waals surface area contributed by atoms with Crippen molar-refractivity contribution in [2.45, 2.75) is 71.3 Å². The van der Waals surface area contributed by atoms with E-state index in [1.807, 2.05) is 0 Å². The van der Waals surface area contributed by atoms with Crippen LogP contribution in [0.15, 0.2) is 0 Å². The van der Waals surface area contributed by atoms with Crippen molar-refractivity contribution in [1.29, 1.82) is 0 Å². The molecule has 0 aliphatic rings. The second kappa shape index (κ2) is 15.1. The van der Waals surface area contributed by atoms with Gasteiger partial charge in [-0.25, -0.2) is 0 Å². The van der Waals surface area contributed by atoms with Gasteiger partial charge in [0.15, 0.2) is 0 Å². The molecule has 0 bridgehead atoms. The molecule has 17 heavy (non-hydrogen) atoms. The Kier molecular flexibility index (Phi) is 18.1. The van der Waals surface area contributed by atoms with E-state index in [4.69, 9.17) is 5.11 Å². The summed E-state index contributed by atoms with van der Waals surface area (Å²) in [4.78, 5) is 10.5. The van der Waals surface area contributed by atoms with E-state index in [1.165, 1.54) is 44.9 Å². The van der Waals surface area contributed by atoms with Gasteiger partial charge in [0.2, 0.25) is 0 Å². The number of unbranched alkanes of at least 4 members (excludes halogenated alkanes) is 7. The van der Waals surface area contributed by atoms with Gasteiger partial charge >= 0.3 is 57.4 Å². The molecule has 0 aliphatic heterocycles. The molecule has 0 radical (unpaired) electrons. The van der Waals surface area contributed by atoms with E-state index in [0.717, 1.165) is 13.0 Å². The molecule has 4 heteroatoms. The Bertz CT molecular complexity index is 177.